The molecule has 84 valence electrons. The number of hydrogen-bond donors (Lipinski definition) is 1. The van der Waals surface area contributed by atoms with Crippen molar-refractivity contribution in [1.29, 1.82) is 0 Å². The molecule has 1 heterocycles. The third-order valence-corrected chi connectivity index (χ3v) is 4.59. The molecular formula is C10H9ClN2OS2. The number of aromatic nitrogens is 1. The fourth-order valence-corrected chi connectivity index (χ4v) is 3.18. The van der Waals surface area contributed by atoms with Gasteiger partial charge in [0.1, 0.15) is 4.21 Å². The van der Waals surface area contributed by atoms with E-state index in [-0.39, 0.29) is 0 Å². The molecule has 16 heavy (non-hydrogen) atoms. The lowest BCUT2D eigenvalue weighted by molar-refractivity contribution is 0.688. The zero-order chi connectivity index (χ0) is 11.7. The first kappa shape index (κ1) is 11.6. The number of hydrogen-bond acceptors (Lipinski definition) is 4. The molecule has 0 saturated carbocycles. The molecule has 0 spiro atoms. The number of anilines is 1. The second-order valence-electron chi connectivity index (χ2n) is 3.15. The first-order valence-electron chi connectivity index (χ1n) is 4.43. The SMILES string of the molecule is CS(=O)c1sc(N)nc1-c1ccc(Cl)cc1. The lowest BCUT2D eigenvalue weighted by Crippen LogP contribution is -1.88. The summed E-state index contributed by atoms with van der Waals surface area (Å²) in [6, 6.07) is 7.23. The van der Waals surface area contributed by atoms with E-state index < -0.39 is 10.8 Å². The van der Waals surface area contributed by atoms with E-state index in [0.29, 0.717) is 20.1 Å². The summed E-state index contributed by atoms with van der Waals surface area (Å²) in [5.41, 5.74) is 7.19. The van der Waals surface area contributed by atoms with E-state index in [2.05, 4.69) is 4.98 Å². The van der Waals surface area contributed by atoms with Gasteiger partial charge in [-0.3, -0.25) is 4.21 Å². The maximum atomic E-state index is 11.5. The number of nitrogens with two attached hydrogens (primary N) is 1. The van der Waals surface area contributed by atoms with Crippen LogP contribution in [-0.2, 0) is 10.8 Å². The predicted molar refractivity (Wildman–Crippen MR) is 69.3 cm³/mol. The van der Waals surface area contributed by atoms with Crippen molar-refractivity contribution >= 4 is 38.9 Å². The topological polar surface area (TPSA) is 56.0 Å². The van der Waals surface area contributed by atoms with Crippen LogP contribution in [0, 0.1) is 0 Å². The van der Waals surface area contributed by atoms with Gasteiger partial charge in [0, 0.05) is 16.8 Å². The summed E-state index contributed by atoms with van der Waals surface area (Å²) in [4.78, 5) is 4.19. The highest BCUT2D eigenvalue weighted by molar-refractivity contribution is 7.86. The molecule has 6 heteroatoms. The van der Waals surface area contributed by atoms with Gasteiger partial charge in [-0.25, -0.2) is 4.98 Å². The Labute approximate surface area is 105 Å². The minimum atomic E-state index is -1.08. The van der Waals surface area contributed by atoms with Crippen LogP contribution in [0.15, 0.2) is 28.5 Å². The van der Waals surface area contributed by atoms with Crippen LogP contribution in [-0.4, -0.2) is 15.4 Å². The van der Waals surface area contributed by atoms with Crippen LogP contribution < -0.4 is 5.73 Å². The van der Waals surface area contributed by atoms with Gasteiger partial charge in [0.15, 0.2) is 5.13 Å². The molecule has 0 radical (unpaired) electrons. The molecule has 1 aromatic heterocycles. The molecule has 2 N–H and O–H groups in total. The highest BCUT2D eigenvalue weighted by atomic mass is 35.5. The molecule has 1 aromatic carbocycles. The van der Waals surface area contributed by atoms with Crippen molar-refractivity contribution in [2.24, 2.45) is 0 Å². The number of nitrogen functional groups attached to an aromatic ring is 1. The Bertz CT molecular complexity index is 536. The number of halogens is 1. The van der Waals surface area contributed by atoms with E-state index in [0.717, 1.165) is 5.56 Å². The molecule has 2 rings (SSSR count). The monoisotopic (exact) mass is 272 g/mol. The maximum absolute atomic E-state index is 11.5. The number of nitrogens with zero attached hydrogens (tertiary/aromatic N) is 1. The van der Waals surface area contributed by atoms with Crippen molar-refractivity contribution in [2.75, 3.05) is 12.0 Å². The van der Waals surface area contributed by atoms with Crippen molar-refractivity contribution < 1.29 is 4.21 Å². The fraction of sp³-hybridized carbons (Fsp3) is 0.100. The van der Waals surface area contributed by atoms with Crippen molar-refractivity contribution in [3.63, 3.8) is 0 Å². The third kappa shape index (κ3) is 2.26. The molecule has 0 saturated heterocycles. The summed E-state index contributed by atoms with van der Waals surface area (Å²) >= 11 is 7.06. The molecule has 1 atom stereocenters. The van der Waals surface area contributed by atoms with Crippen molar-refractivity contribution in [3.8, 4) is 11.3 Å². The van der Waals surface area contributed by atoms with Crippen LogP contribution in [0.1, 0.15) is 0 Å². The molecule has 0 aliphatic rings. The maximum Gasteiger partial charge on any atom is 0.181 e. The van der Waals surface area contributed by atoms with E-state index in [4.69, 9.17) is 17.3 Å². The fourth-order valence-electron chi connectivity index (χ4n) is 1.31. The Morgan fingerprint density at radius 1 is 1.38 bits per heavy atom. The quantitative estimate of drug-likeness (QED) is 0.915. The van der Waals surface area contributed by atoms with Crippen LogP contribution >= 0.6 is 22.9 Å². The third-order valence-electron chi connectivity index (χ3n) is 1.99. The summed E-state index contributed by atoms with van der Waals surface area (Å²) in [7, 11) is -1.08. The van der Waals surface area contributed by atoms with Gasteiger partial charge in [0.25, 0.3) is 0 Å². The van der Waals surface area contributed by atoms with Gasteiger partial charge in [0.2, 0.25) is 0 Å². The van der Waals surface area contributed by atoms with E-state index in [1.807, 2.05) is 12.1 Å². The Hall–Kier alpha value is -0.910. The minimum absolute atomic E-state index is 0.426. The Balaban J connectivity index is 2.55. The standard InChI is InChI=1S/C10H9ClN2OS2/c1-16(14)9-8(13-10(12)15-9)6-2-4-7(11)5-3-6/h2-5H,1H3,(H2,12,13). The Morgan fingerprint density at radius 2 is 2.00 bits per heavy atom. The van der Waals surface area contributed by atoms with Gasteiger partial charge in [-0.2, -0.15) is 0 Å². The molecular weight excluding hydrogens is 264 g/mol. The summed E-state index contributed by atoms with van der Waals surface area (Å²) in [6.45, 7) is 0. The second-order valence-corrected chi connectivity index (χ2v) is 6.19. The molecule has 0 amide bonds. The van der Waals surface area contributed by atoms with E-state index in [9.17, 15) is 4.21 Å². The number of thiazole rings is 1. The number of benzene rings is 1. The normalized spacial score (nSPS) is 12.6. The average molecular weight is 273 g/mol. The van der Waals surface area contributed by atoms with E-state index >= 15 is 0 Å². The molecule has 0 aliphatic carbocycles. The van der Waals surface area contributed by atoms with Crippen LogP contribution in [0.4, 0.5) is 5.13 Å². The first-order chi connectivity index (χ1) is 7.58. The van der Waals surface area contributed by atoms with Crippen LogP contribution in [0.5, 0.6) is 0 Å². The zero-order valence-corrected chi connectivity index (χ0v) is 10.8. The second kappa shape index (κ2) is 4.53. The Morgan fingerprint density at radius 3 is 2.56 bits per heavy atom. The van der Waals surface area contributed by atoms with Gasteiger partial charge in [-0.15, -0.1) is 0 Å². The van der Waals surface area contributed by atoms with Gasteiger partial charge in [-0.05, 0) is 12.1 Å². The van der Waals surface area contributed by atoms with Crippen LogP contribution in [0.3, 0.4) is 0 Å². The molecule has 3 nitrogen and oxygen atoms in total. The van der Waals surface area contributed by atoms with Crippen LogP contribution in [0.2, 0.25) is 5.02 Å². The lowest BCUT2D eigenvalue weighted by atomic mass is 10.2. The van der Waals surface area contributed by atoms with Crippen molar-refractivity contribution in [3.05, 3.63) is 29.3 Å². The lowest BCUT2D eigenvalue weighted by Gasteiger charge is -1.99. The Kier molecular flexibility index (Phi) is 3.28. The van der Waals surface area contributed by atoms with Crippen molar-refractivity contribution in [2.45, 2.75) is 4.21 Å². The van der Waals surface area contributed by atoms with E-state index in [1.165, 1.54) is 11.3 Å². The summed E-state index contributed by atoms with van der Waals surface area (Å²) < 4.78 is 12.2. The van der Waals surface area contributed by atoms with E-state index in [1.54, 1.807) is 18.4 Å². The molecule has 2 aromatic rings. The largest absolute Gasteiger partial charge is 0.375 e. The molecule has 1 unspecified atom stereocenters. The van der Waals surface area contributed by atoms with Gasteiger partial charge in [-0.1, -0.05) is 35.1 Å². The van der Waals surface area contributed by atoms with Gasteiger partial charge >= 0.3 is 0 Å². The molecule has 0 aliphatic heterocycles. The first-order valence-corrected chi connectivity index (χ1v) is 7.19. The highest BCUT2D eigenvalue weighted by Gasteiger charge is 2.14. The highest BCUT2D eigenvalue weighted by Crippen LogP contribution is 2.32. The van der Waals surface area contributed by atoms with Crippen LogP contribution in [0.25, 0.3) is 11.3 Å². The average Bonchev–Trinajstić information content (AvgIpc) is 2.61. The van der Waals surface area contributed by atoms with Gasteiger partial charge < -0.3 is 5.73 Å². The number of rotatable bonds is 2. The summed E-state index contributed by atoms with van der Waals surface area (Å²) in [5, 5.41) is 1.08. The zero-order valence-electron chi connectivity index (χ0n) is 8.44. The summed E-state index contributed by atoms with van der Waals surface area (Å²) in [6.07, 6.45) is 1.62. The predicted octanol–water partition coefficient (Wildman–Crippen LogP) is 2.78. The molecule has 0 bridgehead atoms. The summed E-state index contributed by atoms with van der Waals surface area (Å²) in [5.74, 6) is 0. The van der Waals surface area contributed by atoms with Gasteiger partial charge in [0.05, 0.1) is 16.5 Å². The smallest absolute Gasteiger partial charge is 0.181 e. The minimum Gasteiger partial charge on any atom is -0.375 e. The van der Waals surface area contributed by atoms with Crippen molar-refractivity contribution in [1.82, 2.24) is 4.98 Å². The molecule has 0 fully saturated rings.